The molecule has 2 heterocycles. The zero-order valence-corrected chi connectivity index (χ0v) is 15.5. The third kappa shape index (κ3) is 4.29. The molecule has 1 aromatic carbocycles. The molecule has 5 nitrogen and oxygen atoms in total. The van der Waals surface area contributed by atoms with Crippen molar-refractivity contribution in [3.63, 3.8) is 0 Å². The Morgan fingerprint density at radius 2 is 2.28 bits per heavy atom. The number of amides is 1. The van der Waals surface area contributed by atoms with E-state index in [4.69, 9.17) is 21.1 Å². The normalized spacial score (nSPS) is 17.4. The molecule has 1 amide bonds. The summed E-state index contributed by atoms with van der Waals surface area (Å²) in [5.41, 5.74) is 0.0336. The second-order valence-corrected chi connectivity index (χ2v) is 6.66. The minimum atomic E-state index is -0.561. The predicted octanol–water partition coefficient (Wildman–Crippen LogP) is 3.56. The Morgan fingerprint density at radius 3 is 3.08 bits per heavy atom. The van der Waals surface area contributed by atoms with Crippen LogP contribution < -0.4 is 4.74 Å². The van der Waals surface area contributed by atoms with Gasteiger partial charge in [-0.25, -0.2) is 9.37 Å². The summed E-state index contributed by atoms with van der Waals surface area (Å²) in [6.07, 6.45) is 1.24. The fraction of sp³-hybridized carbons (Fsp3) is 0.294. The van der Waals surface area contributed by atoms with Gasteiger partial charge in [-0.15, -0.1) is 0 Å². The molecule has 3 rings (SSSR count). The van der Waals surface area contributed by atoms with Gasteiger partial charge in [0.15, 0.2) is 10.9 Å². The van der Waals surface area contributed by atoms with Crippen molar-refractivity contribution < 1.29 is 18.7 Å². The highest BCUT2D eigenvalue weighted by Crippen LogP contribution is 2.23. The number of hydrogen-bond acceptors (Lipinski definition) is 4. The van der Waals surface area contributed by atoms with Gasteiger partial charge < -0.3 is 14.4 Å². The van der Waals surface area contributed by atoms with Crippen molar-refractivity contribution in [2.75, 3.05) is 26.3 Å². The standard InChI is InChI=1S/C17H15BrClFN2O3/c18-13-4-1-3-12(15(13)20)17(23)22-7-8-24-11(9-22)10-25-14-5-2-6-21-16(14)19/h1-6,11H,7-10H2. The quantitative estimate of drug-likeness (QED) is 0.698. The van der Waals surface area contributed by atoms with Crippen LogP contribution in [0.1, 0.15) is 10.4 Å². The maximum atomic E-state index is 14.1. The summed E-state index contributed by atoms with van der Waals surface area (Å²) in [4.78, 5) is 18.1. The molecule has 1 aliphatic heterocycles. The molecular formula is C17H15BrClFN2O3. The Kier molecular flexibility index (Phi) is 5.88. The molecule has 0 spiro atoms. The molecule has 0 saturated carbocycles. The van der Waals surface area contributed by atoms with Crippen LogP contribution in [0, 0.1) is 5.82 Å². The van der Waals surface area contributed by atoms with E-state index < -0.39 is 5.82 Å². The number of benzene rings is 1. The van der Waals surface area contributed by atoms with Crippen molar-refractivity contribution in [1.29, 1.82) is 0 Å². The minimum Gasteiger partial charge on any atom is -0.488 e. The summed E-state index contributed by atoms with van der Waals surface area (Å²) in [5, 5.41) is 0.266. The van der Waals surface area contributed by atoms with Gasteiger partial charge in [0, 0.05) is 12.7 Å². The second kappa shape index (κ2) is 8.12. The first-order valence-electron chi connectivity index (χ1n) is 7.64. The lowest BCUT2D eigenvalue weighted by Gasteiger charge is -2.33. The summed E-state index contributed by atoms with van der Waals surface area (Å²) < 4.78 is 25.6. The van der Waals surface area contributed by atoms with E-state index in [2.05, 4.69) is 20.9 Å². The molecule has 1 fully saturated rings. The van der Waals surface area contributed by atoms with Crippen LogP contribution in [0.4, 0.5) is 4.39 Å². The van der Waals surface area contributed by atoms with Crippen LogP contribution >= 0.6 is 27.5 Å². The van der Waals surface area contributed by atoms with Gasteiger partial charge in [0.25, 0.3) is 5.91 Å². The van der Waals surface area contributed by atoms with Gasteiger partial charge in [-0.2, -0.15) is 0 Å². The van der Waals surface area contributed by atoms with E-state index in [9.17, 15) is 9.18 Å². The molecule has 1 saturated heterocycles. The molecule has 132 valence electrons. The summed E-state index contributed by atoms with van der Waals surface area (Å²) in [6, 6.07) is 8.08. The maximum Gasteiger partial charge on any atom is 0.257 e. The summed E-state index contributed by atoms with van der Waals surface area (Å²) in [6.45, 7) is 1.28. The molecule has 2 aromatic rings. The average molecular weight is 430 g/mol. The van der Waals surface area contributed by atoms with Crippen LogP contribution in [0.5, 0.6) is 5.75 Å². The van der Waals surface area contributed by atoms with E-state index >= 15 is 0 Å². The number of hydrogen-bond donors (Lipinski definition) is 0. The molecule has 0 radical (unpaired) electrons. The smallest absolute Gasteiger partial charge is 0.257 e. The Morgan fingerprint density at radius 1 is 1.44 bits per heavy atom. The Balaban J connectivity index is 1.64. The predicted molar refractivity (Wildman–Crippen MR) is 94.5 cm³/mol. The Hall–Kier alpha value is -1.70. The first-order chi connectivity index (χ1) is 12.1. The largest absolute Gasteiger partial charge is 0.488 e. The number of morpholine rings is 1. The van der Waals surface area contributed by atoms with E-state index in [0.29, 0.717) is 25.4 Å². The van der Waals surface area contributed by atoms with Crippen molar-refractivity contribution in [2.45, 2.75) is 6.10 Å². The lowest BCUT2D eigenvalue weighted by atomic mass is 10.1. The summed E-state index contributed by atoms with van der Waals surface area (Å²) >= 11 is 9.04. The van der Waals surface area contributed by atoms with Gasteiger partial charge in [0.1, 0.15) is 18.5 Å². The lowest BCUT2D eigenvalue weighted by molar-refractivity contribution is -0.0402. The Labute approximate surface area is 157 Å². The van der Waals surface area contributed by atoms with E-state index in [1.165, 1.54) is 6.07 Å². The first-order valence-corrected chi connectivity index (χ1v) is 8.81. The topological polar surface area (TPSA) is 51.7 Å². The molecule has 1 unspecified atom stereocenters. The highest BCUT2D eigenvalue weighted by Gasteiger charge is 2.27. The highest BCUT2D eigenvalue weighted by molar-refractivity contribution is 9.10. The van der Waals surface area contributed by atoms with Crippen molar-refractivity contribution in [1.82, 2.24) is 9.88 Å². The van der Waals surface area contributed by atoms with Crippen molar-refractivity contribution in [2.24, 2.45) is 0 Å². The Bertz CT molecular complexity index is 777. The zero-order valence-electron chi connectivity index (χ0n) is 13.1. The van der Waals surface area contributed by atoms with Gasteiger partial charge in [-0.1, -0.05) is 17.7 Å². The number of halogens is 3. The van der Waals surface area contributed by atoms with Gasteiger partial charge >= 0.3 is 0 Å². The molecule has 1 aliphatic rings. The number of ether oxygens (including phenoxy) is 2. The number of carbonyl (C=O) groups is 1. The molecule has 0 N–H and O–H groups in total. The lowest BCUT2D eigenvalue weighted by Crippen LogP contribution is -2.47. The molecule has 1 aromatic heterocycles. The van der Waals surface area contributed by atoms with Crippen LogP contribution in [0.25, 0.3) is 0 Å². The zero-order chi connectivity index (χ0) is 17.8. The monoisotopic (exact) mass is 428 g/mol. The van der Waals surface area contributed by atoms with Crippen LogP contribution in [-0.2, 0) is 4.74 Å². The maximum absolute atomic E-state index is 14.1. The average Bonchev–Trinajstić information content (AvgIpc) is 2.63. The van der Waals surface area contributed by atoms with E-state index in [1.807, 2.05) is 0 Å². The molecule has 0 bridgehead atoms. The third-order valence-corrected chi connectivity index (χ3v) is 4.65. The minimum absolute atomic E-state index is 0.0336. The van der Waals surface area contributed by atoms with Gasteiger partial charge in [-0.05, 0) is 40.2 Å². The summed E-state index contributed by atoms with van der Waals surface area (Å²) in [7, 11) is 0. The van der Waals surface area contributed by atoms with Gasteiger partial charge in [-0.3, -0.25) is 4.79 Å². The fourth-order valence-corrected chi connectivity index (χ4v) is 3.05. The summed E-state index contributed by atoms with van der Waals surface area (Å²) in [5.74, 6) is -0.477. The van der Waals surface area contributed by atoms with Crippen molar-refractivity contribution in [3.8, 4) is 5.75 Å². The van der Waals surface area contributed by atoms with Crippen LogP contribution in [-0.4, -0.2) is 48.2 Å². The molecule has 8 heteroatoms. The second-order valence-electron chi connectivity index (χ2n) is 5.45. The van der Waals surface area contributed by atoms with E-state index in [1.54, 1.807) is 35.4 Å². The SMILES string of the molecule is O=C(c1cccc(Br)c1F)N1CCOC(COc2cccnc2Cl)C1. The number of nitrogens with zero attached hydrogens (tertiary/aromatic N) is 2. The van der Waals surface area contributed by atoms with Gasteiger partial charge in [0.2, 0.25) is 0 Å². The molecular weight excluding hydrogens is 415 g/mol. The van der Waals surface area contributed by atoms with Crippen LogP contribution in [0.3, 0.4) is 0 Å². The molecule has 25 heavy (non-hydrogen) atoms. The van der Waals surface area contributed by atoms with Crippen molar-refractivity contribution >= 4 is 33.4 Å². The van der Waals surface area contributed by atoms with Crippen LogP contribution in [0.2, 0.25) is 5.15 Å². The molecule has 0 aliphatic carbocycles. The number of rotatable bonds is 4. The highest BCUT2D eigenvalue weighted by atomic mass is 79.9. The fourth-order valence-electron chi connectivity index (χ4n) is 2.51. The van der Waals surface area contributed by atoms with E-state index in [-0.39, 0.29) is 33.8 Å². The first kappa shape index (κ1) is 18.1. The number of aromatic nitrogens is 1. The van der Waals surface area contributed by atoms with E-state index in [0.717, 1.165) is 0 Å². The van der Waals surface area contributed by atoms with Crippen molar-refractivity contribution in [3.05, 3.63) is 57.5 Å². The van der Waals surface area contributed by atoms with Crippen LogP contribution in [0.15, 0.2) is 41.0 Å². The molecule has 1 atom stereocenters. The number of carbonyl (C=O) groups excluding carboxylic acids is 1. The van der Waals surface area contributed by atoms with Gasteiger partial charge in [0.05, 0.1) is 23.2 Å². The third-order valence-electron chi connectivity index (χ3n) is 3.76. The number of pyridine rings is 1.